The number of nitrogens with zero attached hydrogens (tertiary/aromatic N) is 2. The number of rotatable bonds is 4. The molecule has 1 N–H and O–H groups in total. The highest BCUT2D eigenvalue weighted by Crippen LogP contribution is 2.24. The molecule has 2 aliphatic rings. The number of carbonyl (C=O) groups is 3. The van der Waals surface area contributed by atoms with Gasteiger partial charge in [-0.15, -0.1) is 5.06 Å². The lowest BCUT2D eigenvalue weighted by Gasteiger charge is -2.24. The van der Waals surface area contributed by atoms with Gasteiger partial charge in [-0.25, -0.2) is 4.79 Å². The molecule has 0 saturated carbocycles. The molecule has 2 aliphatic heterocycles. The van der Waals surface area contributed by atoms with E-state index in [9.17, 15) is 19.5 Å². The highest BCUT2D eigenvalue weighted by atomic mass is 16.7. The number of hydroxylamine groups is 2. The van der Waals surface area contributed by atoms with Gasteiger partial charge in [-0.3, -0.25) is 9.59 Å². The van der Waals surface area contributed by atoms with Crippen molar-refractivity contribution in [2.24, 2.45) is 0 Å². The maximum absolute atomic E-state index is 11.6. The molecule has 2 heterocycles. The average molecular weight is 280 g/mol. The van der Waals surface area contributed by atoms with Crippen LogP contribution in [0.15, 0.2) is 23.9 Å². The Kier molecular flexibility index (Phi) is 3.89. The zero-order valence-electron chi connectivity index (χ0n) is 11.2. The lowest BCUT2D eigenvalue weighted by Crippen LogP contribution is -2.35. The van der Waals surface area contributed by atoms with Crippen molar-refractivity contribution in [1.29, 1.82) is 0 Å². The van der Waals surface area contributed by atoms with Crippen LogP contribution in [0, 0.1) is 0 Å². The summed E-state index contributed by atoms with van der Waals surface area (Å²) in [6, 6.07) is 0. The number of allylic oxidation sites excluding steroid dienone is 1. The molecule has 20 heavy (non-hydrogen) atoms. The van der Waals surface area contributed by atoms with Gasteiger partial charge >= 0.3 is 5.97 Å². The molecule has 0 aromatic rings. The molecule has 0 radical (unpaired) electrons. The van der Waals surface area contributed by atoms with Gasteiger partial charge in [0.05, 0.1) is 6.42 Å². The van der Waals surface area contributed by atoms with Gasteiger partial charge in [0.2, 0.25) is 0 Å². The molecule has 1 saturated heterocycles. The van der Waals surface area contributed by atoms with E-state index in [1.807, 2.05) is 6.92 Å². The molecule has 0 bridgehead atoms. The maximum Gasteiger partial charge on any atom is 0.334 e. The minimum absolute atomic E-state index is 0.0613. The summed E-state index contributed by atoms with van der Waals surface area (Å²) in [4.78, 5) is 40.5. The summed E-state index contributed by atoms with van der Waals surface area (Å²) in [5.74, 6) is -1.71. The molecule has 2 amide bonds. The molecule has 0 aromatic heterocycles. The van der Waals surface area contributed by atoms with Gasteiger partial charge in [-0.2, -0.15) is 0 Å². The van der Waals surface area contributed by atoms with E-state index < -0.39 is 24.0 Å². The van der Waals surface area contributed by atoms with Crippen LogP contribution < -0.4 is 0 Å². The van der Waals surface area contributed by atoms with Crippen LogP contribution in [0.1, 0.15) is 26.2 Å². The summed E-state index contributed by atoms with van der Waals surface area (Å²) < 4.78 is 0. The second-order valence-electron chi connectivity index (χ2n) is 4.70. The van der Waals surface area contributed by atoms with E-state index in [4.69, 9.17) is 4.84 Å². The average Bonchev–Trinajstić information content (AvgIpc) is 2.82. The van der Waals surface area contributed by atoms with Gasteiger partial charge in [0.15, 0.2) is 0 Å². The summed E-state index contributed by atoms with van der Waals surface area (Å²) in [5, 5.41) is 10.2. The number of hydrogen-bond donors (Lipinski definition) is 1. The van der Waals surface area contributed by atoms with Gasteiger partial charge in [-0.1, -0.05) is 6.58 Å². The number of aliphatic hydroxyl groups is 1. The Morgan fingerprint density at radius 1 is 1.45 bits per heavy atom. The van der Waals surface area contributed by atoms with E-state index in [2.05, 4.69) is 6.58 Å². The molecule has 0 spiro atoms. The van der Waals surface area contributed by atoms with Crippen molar-refractivity contribution >= 4 is 17.8 Å². The summed E-state index contributed by atoms with van der Waals surface area (Å²) in [6.07, 6.45) is 0.883. The van der Waals surface area contributed by atoms with Crippen molar-refractivity contribution in [2.75, 3.05) is 6.54 Å². The van der Waals surface area contributed by atoms with Crippen LogP contribution >= 0.6 is 0 Å². The molecular weight excluding hydrogens is 264 g/mol. The zero-order valence-corrected chi connectivity index (χ0v) is 11.2. The Balaban J connectivity index is 1.83. The van der Waals surface area contributed by atoms with E-state index in [1.165, 1.54) is 0 Å². The fourth-order valence-electron chi connectivity index (χ4n) is 2.08. The van der Waals surface area contributed by atoms with Gasteiger partial charge in [-0.05, 0) is 18.6 Å². The number of amides is 2. The summed E-state index contributed by atoms with van der Waals surface area (Å²) in [7, 11) is 0. The fourth-order valence-corrected chi connectivity index (χ4v) is 2.08. The summed E-state index contributed by atoms with van der Waals surface area (Å²) in [5.41, 5.74) is 1.48. The quantitative estimate of drug-likeness (QED) is 0.734. The maximum atomic E-state index is 11.6. The third kappa shape index (κ3) is 2.72. The number of carbonyl (C=O) groups excluding carboxylic acids is 3. The number of imide groups is 1. The first-order valence-electron chi connectivity index (χ1n) is 6.29. The molecule has 7 nitrogen and oxygen atoms in total. The molecule has 2 rings (SSSR count). The number of aliphatic hydroxyl groups excluding tert-OH is 1. The van der Waals surface area contributed by atoms with Gasteiger partial charge in [0, 0.05) is 25.1 Å². The second-order valence-corrected chi connectivity index (χ2v) is 4.70. The topological polar surface area (TPSA) is 87.2 Å². The smallest absolute Gasteiger partial charge is 0.334 e. The van der Waals surface area contributed by atoms with Crippen LogP contribution in [0.5, 0.6) is 0 Å². The van der Waals surface area contributed by atoms with E-state index in [1.54, 1.807) is 11.0 Å². The van der Waals surface area contributed by atoms with E-state index in [0.717, 1.165) is 5.57 Å². The minimum Gasteiger partial charge on any atom is -0.370 e. The fraction of sp³-hybridized carbons (Fsp3) is 0.462. The lowest BCUT2D eigenvalue weighted by atomic mass is 10.2. The molecular formula is C13H16N2O5. The van der Waals surface area contributed by atoms with Crippen LogP contribution in [0.2, 0.25) is 0 Å². The Bertz CT molecular complexity index is 495. The minimum atomic E-state index is -0.814. The van der Waals surface area contributed by atoms with Crippen molar-refractivity contribution in [1.82, 2.24) is 9.96 Å². The first-order valence-corrected chi connectivity index (χ1v) is 6.29. The Labute approximate surface area is 116 Å². The second kappa shape index (κ2) is 5.46. The lowest BCUT2D eigenvalue weighted by molar-refractivity contribution is -0.197. The van der Waals surface area contributed by atoms with Crippen molar-refractivity contribution in [3.63, 3.8) is 0 Å². The largest absolute Gasteiger partial charge is 0.370 e. The predicted octanol–water partition coefficient (Wildman–Crippen LogP) is 0.0777. The van der Waals surface area contributed by atoms with Crippen molar-refractivity contribution < 1.29 is 24.3 Å². The van der Waals surface area contributed by atoms with Crippen LogP contribution in [-0.4, -0.2) is 45.6 Å². The summed E-state index contributed by atoms with van der Waals surface area (Å²) in [6.45, 7) is 5.81. The predicted molar refractivity (Wildman–Crippen MR) is 67.4 cm³/mol. The molecule has 1 atom stereocenters. The standard InChI is InChI=1S/C13H16N2O5/c1-8-7-12(18)14(9(8)2)6-5-13(19)20-15-10(16)3-4-11(15)17/h7,12,18H,2-6H2,1H3. The Morgan fingerprint density at radius 2 is 2.05 bits per heavy atom. The Hall–Kier alpha value is -2.15. The number of hydrogen-bond acceptors (Lipinski definition) is 6. The van der Waals surface area contributed by atoms with E-state index >= 15 is 0 Å². The Morgan fingerprint density at radius 3 is 2.55 bits per heavy atom. The van der Waals surface area contributed by atoms with E-state index in [0.29, 0.717) is 10.8 Å². The monoisotopic (exact) mass is 280 g/mol. The first-order chi connectivity index (χ1) is 9.40. The molecule has 0 aliphatic carbocycles. The third-order valence-corrected chi connectivity index (χ3v) is 3.28. The molecule has 0 aromatic carbocycles. The molecule has 1 fully saturated rings. The van der Waals surface area contributed by atoms with Crippen molar-refractivity contribution in [3.8, 4) is 0 Å². The first kappa shape index (κ1) is 14.3. The summed E-state index contributed by atoms with van der Waals surface area (Å²) >= 11 is 0. The highest BCUT2D eigenvalue weighted by molar-refractivity contribution is 6.01. The van der Waals surface area contributed by atoms with E-state index in [-0.39, 0.29) is 25.8 Å². The van der Waals surface area contributed by atoms with Crippen LogP contribution in [-0.2, 0) is 19.2 Å². The highest BCUT2D eigenvalue weighted by Gasteiger charge is 2.33. The van der Waals surface area contributed by atoms with Gasteiger partial charge < -0.3 is 14.8 Å². The van der Waals surface area contributed by atoms with Crippen LogP contribution in [0.3, 0.4) is 0 Å². The normalized spacial score (nSPS) is 22.6. The van der Waals surface area contributed by atoms with Gasteiger partial charge in [0.25, 0.3) is 11.8 Å². The van der Waals surface area contributed by atoms with Crippen molar-refractivity contribution in [3.05, 3.63) is 23.9 Å². The SMILES string of the molecule is C=C1C(C)=CC(O)N1CCC(=O)ON1C(=O)CCC1=O. The molecule has 7 heteroatoms. The van der Waals surface area contributed by atoms with Gasteiger partial charge in [0.1, 0.15) is 6.23 Å². The zero-order chi connectivity index (χ0) is 14.9. The van der Waals surface area contributed by atoms with Crippen molar-refractivity contribution in [2.45, 2.75) is 32.4 Å². The van der Waals surface area contributed by atoms with Crippen LogP contribution in [0.25, 0.3) is 0 Å². The third-order valence-electron chi connectivity index (χ3n) is 3.28. The van der Waals surface area contributed by atoms with Crippen LogP contribution in [0.4, 0.5) is 0 Å². The molecule has 1 unspecified atom stereocenters. The molecule has 108 valence electrons.